The third-order valence-corrected chi connectivity index (χ3v) is 3.55. The number of fused-ring (bicyclic) bond motifs is 1. The Labute approximate surface area is 138 Å². The van der Waals surface area contributed by atoms with Crippen molar-refractivity contribution in [1.29, 1.82) is 0 Å². The molecular weight excluding hydrogens is 310 g/mol. The van der Waals surface area contributed by atoms with Crippen molar-refractivity contribution in [3.8, 4) is 0 Å². The number of esters is 1. The number of nitrogens with zero attached hydrogens (tertiary/aromatic N) is 4. The SMILES string of the molecule is CCn1cc(CC(=O)Nc2nc(C(=O)OC)c3ccccn23)cn1. The van der Waals surface area contributed by atoms with Gasteiger partial charge < -0.3 is 4.74 Å². The van der Waals surface area contributed by atoms with E-state index in [0.717, 1.165) is 12.1 Å². The number of pyridine rings is 1. The predicted octanol–water partition coefficient (Wildman–Crippen LogP) is 1.52. The van der Waals surface area contributed by atoms with Crippen LogP contribution in [0.1, 0.15) is 23.0 Å². The molecule has 0 unspecified atom stereocenters. The van der Waals surface area contributed by atoms with Crippen molar-refractivity contribution in [2.75, 3.05) is 12.4 Å². The molecule has 3 heterocycles. The molecular formula is C16H17N5O3. The van der Waals surface area contributed by atoms with E-state index in [0.29, 0.717) is 5.52 Å². The normalized spacial score (nSPS) is 10.8. The van der Waals surface area contributed by atoms with Crippen molar-refractivity contribution >= 4 is 23.3 Å². The number of hydrogen-bond donors (Lipinski definition) is 1. The molecule has 3 rings (SSSR count). The molecule has 0 fully saturated rings. The Bertz CT molecular complexity index is 896. The summed E-state index contributed by atoms with van der Waals surface area (Å²) in [7, 11) is 1.29. The van der Waals surface area contributed by atoms with E-state index in [2.05, 4.69) is 15.4 Å². The molecule has 0 radical (unpaired) electrons. The Morgan fingerprint density at radius 3 is 2.88 bits per heavy atom. The fourth-order valence-corrected chi connectivity index (χ4v) is 2.40. The zero-order valence-electron chi connectivity index (χ0n) is 13.4. The molecule has 8 heteroatoms. The number of hydrogen-bond acceptors (Lipinski definition) is 5. The van der Waals surface area contributed by atoms with Crippen molar-refractivity contribution < 1.29 is 14.3 Å². The van der Waals surface area contributed by atoms with Crippen molar-refractivity contribution in [2.24, 2.45) is 0 Å². The smallest absolute Gasteiger partial charge is 0.359 e. The number of aromatic nitrogens is 4. The highest BCUT2D eigenvalue weighted by Gasteiger charge is 2.19. The maximum Gasteiger partial charge on any atom is 0.359 e. The van der Waals surface area contributed by atoms with Crippen molar-refractivity contribution in [3.05, 3.63) is 48.0 Å². The molecule has 0 aliphatic heterocycles. The molecule has 0 bridgehead atoms. The average molecular weight is 327 g/mol. The van der Waals surface area contributed by atoms with Crippen LogP contribution in [0.4, 0.5) is 5.95 Å². The Hall–Kier alpha value is -3.16. The summed E-state index contributed by atoms with van der Waals surface area (Å²) < 4.78 is 8.13. The minimum absolute atomic E-state index is 0.159. The van der Waals surface area contributed by atoms with E-state index in [-0.39, 0.29) is 24.0 Å². The van der Waals surface area contributed by atoms with Crippen LogP contribution in [0.25, 0.3) is 5.52 Å². The molecule has 1 amide bonds. The predicted molar refractivity (Wildman–Crippen MR) is 86.8 cm³/mol. The average Bonchev–Trinajstić information content (AvgIpc) is 3.19. The van der Waals surface area contributed by atoms with Crippen LogP contribution in [0.15, 0.2) is 36.8 Å². The zero-order chi connectivity index (χ0) is 17.1. The number of carbonyl (C=O) groups is 2. The van der Waals surface area contributed by atoms with Gasteiger partial charge in [-0.3, -0.25) is 19.2 Å². The van der Waals surface area contributed by atoms with E-state index in [1.54, 1.807) is 39.7 Å². The van der Waals surface area contributed by atoms with E-state index in [1.807, 2.05) is 13.1 Å². The Balaban J connectivity index is 1.84. The molecule has 1 N–H and O–H groups in total. The molecule has 3 aromatic rings. The van der Waals surface area contributed by atoms with Gasteiger partial charge in [0.25, 0.3) is 0 Å². The van der Waals surface area contributed by atoms with Gasteiger partial charge in [-0.2, -0.15) is 5.10 Å². The number of imidazole rings is 1. The minimum Gasteiger partial charge on any atom is -0.464 e. The first-order chi connectivity index (χ1) is 11.6. The number of amides is 1. The van der Waals surface area contributed by atoms with Crippen LogP contribution < -0.4 is 5.32 Å². The minimum atomic E-state index is -0.552. The topological polar surface area (TPSA) is 90.5 Å². The van der Waals surface area contributed by atoms with Gasteiger partial charge >= 0.3 is 5.97 Å². The van der Waals surface area contributed by atoms with E-state index >= 15 is 0 Å². The molecule has 0 saturated heterocycles. The Morgan fingerprint density at radius 1 is 1.33 bits per heavy atom. The number of methoxy groups -OCH3 is 1. The van der Waals surface area contributed by atoms with Gasteiger partial charge in [0.2, 0.25) is 11.9 Å². The van der Waals surface area contributed by atoms with Crippen molar-refractivity contribution in [3.63, 3.8) is 0 Å². The number of carbonyl (C=O) groups excluding carboxylic acids is 2. The maximum absolute atomic E-state index is 12.3. The van der Waals surface area contributed by atoms with E-state index in [1.165, 1.54) is 7.11 Å². The van der Waals surface area contributed by atoms with Crippen LogP contribution in [-0.4, -0.2) is 38.2 Å². The molecule has 24 heavy (non-hydrogen) atoms. The first-order valence-corrected chi connectivity index (χ1v) is 7.49. The Kier molecular flexibility index (Phi) is 4.28. The lowest BCUT2D eigenvalue weighted by Gasteiger charge is -2.02. The van der Waals surface area contributed by atoms with Crippen LogP contribution in [0.2, 0.25) is 0 Å². The summed E-state index contributed by atoms with van der Waals surface area (Å²) in [4.78, 5) is 28.3. The van der Waals surface area contributed by atoms with Crippen LogP contribution in [0, 0.1) is 0 Å². The quantitative estimate of drug-likeness (QED) is 0.718. The maximum atomic E-state index is 12.3. The van der Waals surface area contributed by atoms with Gasteiger partial charge in [-0.1, -0.05) is 6.07 Å². The van der Waals surface area contributed by atoms with Crippen molar-refractivity contribution in [2.45, 2.75) is 19.9 Å². The molecule has 124 valence electrons. The summed E-state index contributed by atoms with van der Waals surface area (Å²) in [5.41, 5.74) is 1.54. The number of rotatable bonds is 5. The zero-order valence-corrected chi connectivity index (χ0v) is 13.4. The van der Waals surface area contributed by atoms with Crippen molar-refractivity contribution in [1.82, 2.24) is 19.2 Å². The lowest BCUT2D eigenvalue weighted by atomic mass is 10.2. The third kappa shape index (κ3) is 2.98. The molecule has 0 aliphatic carbocycles. The molecule has 0 aliphatic rings. The fourth-order valence-electron chi connectivity index (χ4n) is 2.40. The van der Waals surface area contributed by atoms with Gasteiger partial charge in [0.1, 0.15) is 0 Å². The van der Waals surface area contributed by atoms with Gasteiger partial charge in [-0.15, -0.1) is 0 Å². The molecule has 0 atom stereocenters. The standard InChI is InChI=1S/C16H17N5O3/c1-3-20-10-11(9-17-20)8-13(22)18-16-19-14(15(23)24-2)12-6-4-5-7-21(12)16/h4-7,9-10H,3,8H2,1-2H3,(H,18,19,22). The summed E-state index contributed by atoms with van der Waals surface area (Å²) in [5.74, 6) is -0.514. The fraction of sp³-hybridized carbons (Fsp3) is 0.250. The van der Waals surface area contributed by atoms with Crippen LogP contribution in [0.5, 0.6) is 0 Å². The summed E-state index contributed by atoms with van der Waals surface area (Å²) in [6, 6.07) is 5.31. The van der Waals surface area contributed by atoms with E-state index in [4.69, 9.17) is 4.74 Å². The third-order valence-electron chi connectivity index (χ3n) is 3.55. The van der Waals surface area contributed by atoms with Gasteiger partial charge in [0.05, 0.1) is 25.2 Å². The summed E-state index contributed by atoms with van der Waals surface area (Å²) in [5, 5.41) is 6.87. The van der Waals surface area contributed by atoms with E-state index in [9.17, 15) is 9.59 Å². The first kappa shape index (κ1) is 15.7. The molecule has 0 spiro atoms. The largest absolute Gasteiger partial charge is 0.464 e. The second-order valence-electron chi connectivity index (χ2n) is 5.16. The van der Waals surface area contributed by atoms with Gasteiger partial charge in [-0.05, 0) is 24.6 Å². The monoisotopic (exact) mass is 327 g/mol. The number of ether oxygens (including phenoxy) is 1. The van der Waals surface area contributed by atoms with E-state index < -0.39 is 5.97 Å². The Morgan fingerprint density at radius 2 is 2.17 bits per heavy atom. The highest BCUT2D eigenvalue weighted by Crippen LogP contribution is 2.17. The highest BCUT2D eigenvalue weighted by atomic mass is 16.5. The summed E-state index contributed by atoms with van der Waals surface area (Å²) in [6.45, 7) is 2.72. The van der Waals surface area contributed by atoms with Crippen LogP contribution in [0.3, 0.4) is 0 Å². The molecule has 8 nitrogen and oxygen atoms in total. The second-order valence-corrected chi connectivity index (χ2v) is 5.16. The van der Waals surface area contributed by atoms with Gasteiger partial charge in [0.15, 0.2) is 5.69 Å². The highest BCUT2D eigenvalue weighted by molar-refractivity contribution is 5.97. The van der Waals surface area contributed by atoms with Gasteiger partial charge in [-0.25, -0.2) is 9.78 Å². The summed E-state index contributed by atoms with van der Waals surface area (Å²) >= 11 is 0. The second kappa shape index (κ2) is 6.53. The van der Waals surface area contributed by atoms with Crippen LogP contribution in [-0.2, 0) is 22.5 Å². The molecule has 0 aromatic carbocycles. The summed E-state index contributed by atoms with van der Waals surface area (Å²) in [6.07, 6.45) is 5.38. The van der Waals surface area contributed by atoms with Crippen LogP contribution >= 0.6 is 0 Å². The molecule has 0 saturated carbocycles. The lowest BCUT2D eigenvalue weighted by Crippen LogP contribution is -2.16. The number of anilines is 1. The van der Waals surface area contributed by atoms with Gasteiger partial charge in [0, 0.05) is 18.9 Å². The molecule has 3 aromatic heterocycles. The number of nitrogens with one attached hydrogen (secondary N) is 1. The lowest BCUT2D eigenvalue weighted by molar-refractivity contribution is -0.115. The first-order valence-electron chi connectivity index (χ1n) is 7.49. The number of aryl methyl sites for hydroxylation is 1.